The Bertz CT molecular complexity index is 715. The van der Waals surface area contributed by atoms with Gasteiger partial charge in [-0.3, -0.25) is 4.72 Å². The molecule has 0 saturated carbocycles. The number of aromatic nitrogens is 1. The highest BCUT2D eigenvalue weighted by Gasteiger charge is 2.17. The van der Waals surface area contributed by atoms with E-state index >= 15 is 0 Å². The molecule has 0 aliphatic rings. The van der Waals surface area contributed by atoms with E-state index < -0.39 is 10.0 Å². The van der Waals surface area contributed by atoms with Gasteiger partial charge in [-0.2, -0.15) is 8.42 Å². The predicted octanol–water partition coefficient (Wildman–Crippen LogP) is 2.34. The molecular weight excluding hydrogens is 300 g/mol. The SMILES string of the molecule is Cc1ccc(NS(=O)(=O)c2ccc(CO)cn2)c(Cl)c1. The van der Waals surface area contributed by atoms with E-state index in [0.717, 1.165) is 5.56 Å². The summed E-state index contributed by atoms with van der Waals surface area (Å²) in [5.74, 6) is 0. The maximum absolute atomic E-state index is 12.1. The van der Waals surface area contributed by atoms with Crippen LogP contribution in [0.25, 0.3) is 0 Å². The van der Waals surface area contributed by atoms with Gasteiger partial charge in [0, 0.05) is 6.20 Å². The highest BCUT2D eigenvalue weighted by atomic mass is 35.5. The van der Waals surface area contributed by atoms with E-state index in [4.69, 9.17) is 16.7 Å². The summed E-state index contributed by atoms with van der Waals surface area (Å²) in [5, 5.41) is 9.09. The van der Waals surface area contributed by atoms with Crippen LogP contribution in [-0.2, 0) is 16.6 Å². The van der Waals surface area contributed by atoms with Gasteiger partial charge in [-0.15, -0.1) is 0 Å². The highest BCUT2D eigenvalue weighted by Crippen LogP contribution is 2.25. The molecule has 0 amide bonds. The van der Waals surface area contributed by atoms with Gasteiger partial charge in [0.15, 0.2) is 5.03 Å². The van der Waals surface area contributed by atoms with Gasteiger partial charge in [0.25, 0.3) is 10.0 Å². The zero-order valence-electron chi connectivity index (χ0n) is 10.7. The molecule has 0 saturated heterocycles. The van der Waals surface area contributed by atoms with Crippen LogP contribution in [0.4, 0.5) is 5.69 Å². The van der Waals surface area contributed by atoms with Crippen molar-refractivity contribution in [2.75, 3.05) is 4.72 Å². The molecule has 1 aromatic heterocycles. The number of rotatable bonds is 4. The summed E-state index contributed by atoms with van der Waals surface area (Å²) in [6.07, 6.45) is 1.31. The lowest BCUT2D eigenvalue weighted by Gasteiger charge is -2.09. The molecule has 0 radical (unpaired) electrons. The summed E-state index contributed by atoms with van der Waals surface area (Å²) in [6, 6.07) is 7.85. The predicted molar refractivity (Wildman–Crippen MR) is 77.2 cm³/mol. The average molecular weight is 313 g/mol. The van der Waals surface area contributed by atoms with Crippen LogP contribution in [0.5, 0.6) is 0 Å². The molecule has 2 N–H and O–H groups in total. The first kappa shape index (κ1) is 14.8. The molecule has 0 atom stereocenters. The summed E-state index contributed by atoms with van der Waals surface area (Å²) < 4.78 is 26.7. The number of hydrogen-bond donors (Lipinski definition) is 2. The molecule has 20 heavy (non-hydrogen) atoms. The van der Waals surface area contributed by atoms with E-state index in [1.54, 1.807) is 18.2 Å². The fraction of sp³-hybridized carbons (Fsp3) is 0.154. The zero-order chi connectivity index (χ0) is 14.8. The van der Waals surface area contributed by atoms with E-state index in [1.165, 1.54) is 18.3 Å². The summed E-state index contributed by atoms with van der Waals surface area (Å²) in [6.45, 7) is 1.67. The van der Waals surface area contributed by atoms with Crippen LogP contribution in [0.15, 0.2) is 41.6 Å². The maximum Gasteiger partial charge on any atom is 0.279 e. The van der Waals surface area contributed by atoms with Gasteiger partial charge in [-0.25, -0.2) is 4.98 Å². The summed E-state index contributed by atoms with van der Waals surface area (Å²) in [4.78, 5) is 3.81. The Morgan fingerprint density at radius 2 is 2.05 bits per heavy atom. The molecule has 5 nitrogen and oxygen atoms in total. The zero-order valence-corrected chi connectivity index (χ0v) is 12.2. The standard InChI is InChI=1S/C13H13ClN2O3S/c1-9-2-4-12(11(14)6-9)16-20(18,19)13-5-3-10(8-17)7-15-13/h2-7,16-17H,8H2,1H3. The van der Waals surface area contributed by atoms with Gasteiger partial charge in [0.1, 0.15) is 0 Å². The lowest BCUT2D eigenvalue weighted by atomic mass is 10.2. The number of anilines is 1. The molecule has 0 aliphatic carbocycles. The van der Waals surface area contributed by atoms with Crippen LogP contribution in [0.3, 0.4) is 0 Å². The van der Waals surface area contributed by atoms with Crippen molar-refractivity contribution in [3.05, 3.63) is 52.7 Å². The molecule has 106 valence electrons. The fourth-order valence-electron chi connectivity index (χ4n) is 1.56. The molecule has 7 heteroatoms. The molecule has 0 aliphatic heterocycles. The molecule has 0 bridgehead atoms. The number of benzene rings is 1. The Morgan fingerprint density at radius 3 is 2.60 bits per heavy atom. The van der Waals surface area contributed by atoms with E-state index in [0.29, 0.717) is 16.3 Å². The van der Waals surface area contributed by atoms with Crippen LogP contribution in [0, 0.1) is 6.92 Å². The Hall–Kier alpha value is -1.63. The third-order valence-electron chi connectivity index (χ3n) is 2.62. The second kappa shape index (κ2) is 5.78. The Morgan fingerprint density at radius 1 is 1.30 bits per heavy atom. The fourth-order valence-corrected chi connectivity index (χ4v) is 2.91. The Balaban J connectivity index is 2.30. The highest BCUT2D eigenvalue weighted by molar-refractivity contribution is 7.92. The van der Waals surface area contributed by atoms with Gasteiger partial charge in [0.2, 0.25) is 0 Å². The Labute approximate surface area is 122 Å². The van der Waals surface area contributed by atoms with Gasteiger partial charge in [0.05, 0.1) is 17.3 Å². The van der Waals surface area contributed by atoms with Crippen LogP contribution in [0.1, 0.15) is 11.1 Å². The third-order valence-corrected chi connectivity index (χ3v) is 4.22. The van der Waals surface area contributed by atoms with Crippen LogP contribution >= 0.6 is 11.6 Å². The third kappa shape index (κ3) is 3.27. The number of nitrogens with zero attached hydrogens (tertiary/aromatic N) is 1. The van der Waals surface area contributed by atoms with Crippen molar-refractivity contribution in [2.45, 2.75) is 18.6 Å². The normalized spacial score (nSPS) is 11.3. The van der Waals surface area contributed by atoms with Gasteiger partial charge in [-0.1, -0.05) is 23.7 Å². The first-order valence-electron chi connectivity index (χ1n) is 5.77. The molecule has 0 fully saturated rings. The lowest BCUT2D eigenvalue weighted by Crippen LogP contribution is -2.14. The van der Waals surface area contributed by atoms with Crippen LogP contribution in [0.2, 0.25) is 5.02 Å². The minimum atomic E-state index is -3.80. The average Bonchev–Trinajstić information content (AvgIpc) is 2.42. The monoisotopic (exact) mass is 312 g/mol. The first-order chi connectivity index (χ1) is 9.42. The number of hydrogen-bond acceptors (Lipinski definition) is 4. The Kier molecular flexibility index (Phi) is 4.27. The second-order valence-electron chi connectivity index (χ2n) is 4.25. The van der Waals surface area contributed by atoms with Crippen molar-refractivity contribution < 1.29 is 13.5 Å². The number of sulfonamides is 1. The van der Waals surface area contributed by atoms with Gasteiger partial charge >= 0.3 is 0 Å². The largest absolute Gasteiger partial charge is 0.392 e. The lowest BCUT2D eigenvalue weighted by molar-refractivity contribution is 0.281. The van der Waals surface area contributed by atoms with Crippen molar-refractivity contribution in [3.63, 3.8) is 0 Å². The van der Waals surface area contributed by atoms with Crippen LogP contribution in [-0.4, -0.2) is 18.5 Å². The van der Waals surface area contributed by atoms with Gasteiger partial charge in [-0.05, 0) is 36.2 Å². The summed E-state index contributed by atoms with van der Waals surface area (Å²) in [5.41, 5.74) is 1.77. The number of nitrogens with one attached hydrogen (secondary N) is 1. The molecule has 2 rings (SSSR count). The molecule has 2 aromatic rings. The minimum absolute atomic E-state index is 0.133. The number of aryl methyl sites for hydroxylation is 1. The molecule has 0 unspecified atom stereocenters. The molecule has 0 spiro atoms. The minimum Gasteiger partial charge on any atom is -0.392 e. The second-order valence-corrected chi connectivity index (χ2v) is 6.29. The quantitative estimate of drug-likeness (QED) is 0.908. The summed E-state index contributed by atoms with van der Waals surface area (Å²) in [7, 11) is -3.80. The van der Waals surface area contributed by atoms with Crippen molar-refractivity contribution in [1.82, 2.24) is 4.98 Å². The van der Waals surface area contributed by atoms with E-state index in [-0.39, 0.29) is 11.6 Å². The van der Waals surface area contributed by atoms with E-state index in [1.807, 2.05) is 6.92 Å². The van der Waals surface area contributed by atoms with Crippen molar-refractivity contribution in [2.24, 2.45) is 0 Å². The first-order valence-corrected chi connectivity index (χ1v) is 7.63. The smallest absolute Gasteiger partial charge is 0.279 e. The van der Waals surface area contributed by atoms with Gasteiger partial charge < -0.3 is 5.11 Å². The number of aliphatic hydroxyl groups is 1. The summed E-state index contributed by atoms with van der Waals surface area (Å²) >= 11 is 5.99. The van der Waals surface area contributed by atoms with Crippen molar-refractivity contribution >= 4 is 27.3 Å². The van der Waals surface area contributed by atoms with E-state index in [2.05, 4.69) is 9.71 Å². The molecule has 1 aromatic carbocycles. The topological polar surface area (TPSA) is 79.3 Å². The maximum atomic E-state index is 12.1. The van der Waals surface area contributed by atoms with E-state index in [9.17, 15) is 8.42 Å². The molecular formula is C13H13ClN2O3S. The number of pyridine rings is 1. The number of halogens is 1. The van der Waals surface area contributed by atoms with Crippen molar-refractivity contribution in [3.8, 4) is 0 Å². The van der Waals surface area contributed by atoms with Crippen LogP contribution < -0.4 is 4.72 Å². The molecule has 1 heterocycles. The number of aliphatic hydroxyl groups excluding tert-OH is 1. The van der Waals surface area contributed by atoms with Crippen molar-refractivity contribution in [1.29, 1.82) is 0 Å².